The average Bonchev–Trinajstić information content (AvgIpc) is 0.762. The molecule has 132 heavy (non-hydrogen) atoms. The van der Waals surface area contributed by atoms with Crippen molar-refractivity contribution in [3.05, 3.63) is 557 Å². The van der Waals surface area contributed by atoms with Gasteiger partial charge >= 0.3 is 0 Å². The van der Waals surface area contributed by atoms with Gasteiger partial charge in [0.1, 0.15) is 18.9 Å². The van der Waals surface area contributed by atoms with Crippen LogP contribution in [-0.2, 0) is 4.57 Å². The molecule has 0 unspecified atom stereocenters. The molecule has 0 saturated heterocycles. The molecule has 0 aliphatic carbocycles. The molecule has 0 spiro atoms. The zero-order valence-electron chi connectivity index (χ0n) is 72.6. The van der Waals surface area contributed by atoms with Gasteiger partial charge in [-0.15, -0.1) is 0 Å². The van der Waals surface area contributed by atoms with E-state index in [1.165, 1.54) is 15.9 Å². The Balaban J connectivity index is 0.000000208. The highest BCUT2D eigenvalue weighted by atomic mass is 31.2. The van der Waals surface area contributed by atoms with Crippen LogP contribution in [0.15, 0.2) is 473 Å². The first-order chi connectivity index (χ1) is 65.1. The van der Waals surface area contributed by atoms with Crippen molar-refractivity contribution in [2.24, 2.45) is 0 Å². The number of nitrogens with zero attached hydrogens (tertiary/aromatic N) is 3. The van der Waals surface area contributed by atoms with E-state index >= 15 is 4.57 Å². The predicted octanol–water partition coefficient (Wildman–Crippen LogP) is 29.6. The van der Waals surface area contributed by atoms with Crippen LogP contribution in [0.2, 0.25) is 0 Å². The summed E-state index contributed by atoms with van der Waals surface area (Å²) in [4.78, 5) is 39.8. The number of hydrogen-bond acceptors (Lipinski definition) is 7. The van der Waals surface area contributed by atoms with E-state index in [0.717, 1.165) is 153 Å². The van der Waals surface area contributed by atoms with Crippen LogP contribution in [0.25, 0.3) is 72.9 Å². The summed E-state index contributed by atoms with van der Waals surface area (Å²) in [5.41, 5.74) is 24.7. The third-order valence-corrected chi connectivity index (χ3v) is 28.3. The monoisotopic (exact) mass is 1740 g/mol. The van der Waals surface area contributed by atoms with Gasteiger partial charge in [0.2, 0.25) is 0 Å². The number of benzene rings is 18. The lowest BCUT2D eigenvalue weighted by Gasteiger charge is -2.25. The molecule has 18 rings (SSSR count). The Bertz CT molecular complexity index is 6260. The standard InChI is InChI=1S/C78H60N3P.C45H33O4P/c1-7-19-67(20-8-1)79(68-21-9-2-10-22-68)73-49-37-61(38-50-73)31-34-64-43-55-76(56-44-64)82(77-57-45-65(46-58-77)35-32-62-39-51-74(52-40-62)80(69-23-11-3-12-24-69)70-25-13-4-14-26-70)78-59-47-66(48-60-78)36-33-63-41-53-75(54-42-63)81(71-27-15-5-16-28-71)72-29-17-6-18-30-72;46-31-40-13-7-34(8-14-40)1-4-37-19-25-43(26-20-37)50(49,44-27-21-38(22-28-44)5-2-35-9-15-41(32-47)16-10-35)45-29-23-39(24-30-45)6-3-36-11-17-42(33-48)18-12-36/h1-60H;1-33H/b34-31+,35-32+,36-33+;4-1+,5-2+,6-3+. The molecule has 0 atom stereocenters. The normalized spacial score (nSPS) is 11.5. The van der Waals surface area contributed by atoms with Crippen LogP contribution in [0, 0.1) is 0 Å². The van der Waals surface area contributed by atoms with Crippen molar-refractivity contribution in [2.75, 3.05) is 14.7 Å². The second kappa shape index (κ2) is 43.3. The summed E-state index contributed by atoms with van der Waals surface area (Å²) in [7, 11) is -4.14. The van der Waals surface area contributed by atoms with E-state index in [4.69, 9.17) is 0 Å². The van der Waals surface area contributed by atoms with Crippen LogP contribution in [0.1, 0.15) is 97.8 Å². The van der Waals surface area contributed by atoms with Gasteiger partial charge in [-0.25, -0.2) is 0 Å². The van der Waals surface area contributed by atoms with E-state index in [1.54, 1.807) is 36.4 Å². The van der Waals surface area contributed by atoms with Gasteiger partial charge in [-0.1, -0.05) is 437 Å². The molecule has 0 radical (unpaired) electrons. The quantitative estimate of drug-likeness (QED) is 0.0252. The minimum Gasteiger partial charge on any atom is -0.311 e. The third kappa shape index (κ3) is 22.3. The molecule has 0 aliphatic heterocycles. The summed E-state index contributed by atoms with van der Waals surface area (Å²) in [5, 5.41) is 6.06. The molecule has 9 heteroatoms. The number of carbonyl (C=O) groups is 3. The second-order valence-electron chi connectivity index (χ2n) is 31.6. The van der Waals surface area contributed by atoms with E-state index in [0.29, 0.717) is 16.7 Å². The first-order valence-electron chi connectivity index (χ1n) is 43.9. The predicted molar refractivity (Wildman–Crippen MR) is 563 cm³/mol. The number of rotatable bonds is 30. The highest BCUT2D eigenvalue weighted by Crippen LogP contribution is 2.44. The van der Waals surface area contributed by atoms with Crippen molar-refractivity contribution >= 4 is 190 Å². The molecule has 0 saturated carbocycles. The first-order valence-corrected chi connectivity index (χ1v) is 46.9. The highest BCUT2D eigenvalue weighted by molar-refractivity contribution is 7.85. The number of aldehydes is 3. The van der Waals surface area contributed by atoms with E-state index in [2.05, 4.69) is 379 Å². The van der Waals surface area contributed by atoms with Crippen LogP contribution in [-0.4, -0.2) is 18.9 Å². The van der Waals surface area contributed by atoms with Crippen LogP contribution >= 0.6 is 15.1 Å². The Labute approximate surface area is 774 Å². The maximum atomic E-state index is 15.3. The molecule has 0 N–H and O–H groups in total. The number of para-hydroxylation sites is 6. The SMILES string of the molecule is C(=C\c1ccc(P(c2ccc(/C=C/c3ccc(N(c4ccccc4)c4ccccc4)cc3)cc2)c2ccc(/C=C/c3ccc(N(c4ccccc4)c4ccccc4)cc3)cc2)cc1)/c1ccc(N(c2ccccc2)c2ccccc2)cc1.O=Cc1ccc(/C=C/c2ccc(P(=O)(c3ccc(/C=C/c4ccc(C=O)cc4)cc3)c3ccc(/C=C/c4ccc(C=O)cc4)cc3)cc2)cc1. The fourth-order valence-corrected chi connectivity index (χ4v) is 20.5. The number of anilines is 9. The Morgan fingerprint density at radius 1 is 0.152 bits per heavy atom. The van der Waals surface area contributed by atoms with Crippen molar-refractivity contribution < 1.29 is 18.9 Å². The minimum atomic E-state index is -3.27. The van der Waals surface area contributed by atoms with Crippen LogP contribution in [0.4, 0.5) is 51.2 Å². The molecule has 18 aromatic carbocycles. The van der Waals surface area contributed by atoms with Gasteiger partial charge in [0.15, 0.2) is 7.14 Å². The van der Waals surface area contributed by atoms with Crippen molar-refractivity contribution in [2.45, 2.75) is 0 Å². The summed E-state index contributed by atoms with van der Waals surface area (Å²) in [6.45, 7) is 0. The summed E-state index contributed by atoms with van der Waals surface area (Å²) in [5.74, 6) is 0. The Morgan fingerprint density at radius 2 is 0.280 bits per heavy atom. The Morgan fingerprint density at radius 3 is 0.439 bits per heavy atom. The van der Waals surface area contributed by atoms with E-state index < -0.39 is 15.1 Å². The molecule has 0 bridgehead atoms. The van der Waals surface area contributed by atoms with Crippen LogP contribution in [0.5, 0.6) is 0 Å². The summed E-state index contributed by atoms with van der Waals surface area (Å²) >= 11 is 0. The average molecular weight is 1740 g/mol. The van der Waals surface area contributed by atoms with Crippen molar-refractivity contribution in [3.8, 4) is 0 Å². The fourth-order valence-electron chi connectivity index (χ4n) is 15.7. The third-order valence-electron chi connectivity index (χ3n) is 22.8. The van der Waals surface area contributed by atoms with E-state index in [-0.39, 0.29) is 0 Å². The molecule has 0 aliphatic rings. The van der Waals surface area contributed by atoms with Crippen molar-refractivity contribution in [3.63, 3.8) is 0 Å². The smallest absolute Gasteiger partial charge is 0.171 e. The molecule has 0 fully saturated rings. The molecule has 634 valence electrons. The zero-order chi connectivity index (χ0) is 89.9. The zero-order valence-corrected chi connectivity index (χ0v) is 74.4. The first kappa shape index (κ1) is 87.5. The molecule has 7 nitrogen and oxygen atoms in total. The van der Waals surface area contributed by atoms with Gasteiger partial charge in [0.05, 0.1) is 0 Å². The molecule has 0 amide bonds. The van der Waals surface area contributed by atoms with Crippen LogP contribution in [0.3, 0.4) is 0 Å². The fraction of sp³-hybridized carbons (Fsp3) is 0. The second-order valence-corrected chi connectivity index (χ2v) is 36.6. The lowest BCUT2D eigenvalue weighted by molar-refractivity contribution is 0.111. The topological polar surface area (TPSA) is 78.0 Å². The molecule has 0 heterocycles. The van der Waals surface area contributed by atoms with Crippen molar-refractivity contribution in [1.29, 1.82) is 0 Å². The molecular weight excluding hydrogens is 1650 g/mol. The van der Waals surface area contributed by atoms with Gasteiger partial charge in [-0.2, -0.15) is 0 Å². The molecule has 0 aromatic heterocycles. The van der Waals surface area contributed by atoms with Gasteiger partial charge in [-0.3, -0.25) is 14.4 Å². The van der Waals surface area contributed by atoms with Gasteiger partial charge in [0, 0.05) is 83.8 Å². The minimum absolute atomic E-state index is 0.631. The van der Waals surface area contributed by atoms with Crippen molar-refractivity contribution in [1.82, 2.24) is 0 Å². The van der Waals surface area contributed by atoms with Gasteiger partial charge in [-0.05, 0) is 200 Å². The van der Waals surface area contributed by atoms with Gasteiger partial charge in [0.25, 0.3) is 0 Å². The summed E-state index contributed by atoms with van der Waals surface area (Å²) < 4.78 is 15.3. The van der Waals surface area contributed by atoms with E-state index in [1.807, 2.05) is 146 Å². The van der Waals surface area contributed by atoms with Gasteiger partial charge < -0.3 is 19.3 Å². The molecular formula is C123H93N3O4P2. The summed E-state index contributed by atoms with van der Waals surface area (Å²) in [6, 6.07) is 162. The number of carbonyl (C=O) groups excluding carboxylic acids is 3. The van der Waals surface area contributed by atoms with E-state index in [9.17, 15) is 14.4 Å². The largest absolute Gasteiger partial charge is 0.311 e. The number of hydrogen-bond donors (Lipinski definition) is 0. The maximum Gasteiger partial charge on any atom is 0.171 e. The Kier molecular flexibility index (Phi) is 28.7. The molecule has 18 aromatic rings. The lowest BCUT2D eigenvalue weighted by atomic mass is 10.1. The highest BCUT2D eigenvalue weighted by Gasteiger charge is 2.30. The maximum absolute atomic E-state index is 15.3. The Hall–Kier alpha value is -16.5. The summed E-state index contributed by atoms with van der Waals surface area (Å²) in [6.07, 6.45) is 27.6. The lowest BCUT2D eigenvalue weighted by Crippen LogP contribution is -2.25. The van der Waals surface area contributed by atoms with Crippen LogP contribution < -0.4 is 46.5 Å².